The van der Waals surface area contributed by atoms with E-state index >= 15 is 0 Å². The average Bonchev–Trinajstić information content (AvgIpc) is 3.15. The number of hydrogen-bond acceptors (Lipinski definition) is 6. The van der Waals surface area contributed by atoms with Crippen LogP contribution in [0.4, 0.5) is 0 Å². The van der Waals surface area contributed by atoms with Gasteiger partial charge in [-0.25, -0.2) is 4.79 Å². The van der Waals surface area contributed by atoms with Crippen LogP contribution >= 0.6 is 0 Å². The molecule has 0 fully saturated rings. The van der Waals surface area contributed by atoms with Crippen molar-refractivity contribution in [2.45, 2.75) is 6.61 Å². The number of methoxy groups -OCH3 is 2. The maximum absolute atomic E-state index is 12.3. The molecule has 0 spiro atoms. The van der Waals surface area contributed by atoms with E-state index in [0.29, 0.717) is 28.5 Å². The first-order valence-corrected chi connectivity index (χ1v) is 7.61. The number of carbonyl (C=O) groups excluding carboxylic acids is 1. The minimum Gasteiger partial charge on any atom is -0.497 e. The number of aromatic nitrogens is 1. The van der Waals surface area contributed by atoms with E-state index < -0.39 is 5.97 Å². The number of carbonyl (C=O) groups is 1. The normalized spacial score (nSPS) is 10.3. The van der Waals surface area contributed by atoms with Crippen LogP contribution in [0.25, 0.3) is 11.3 Å². The first-order valence-electron chi connectivity index (χ1n) is 7.61. The smallest absolute Gasteiger partial charge is 0.342 e. The summed E-state index contributed by atoms with van der Waals surface area (Å²) in [4.78, 5) is 12.3. The first kappa shape index (κ1) is 16.6. The van der Waals surface area contributed by atoms with Gasteiger partial charge in [-0.1, -0.05) is 35.5 Å². The number of nitrogens with zero attached hydrogens (tertiary/aromatic N) is 1. The van der Waals surface area contributed by atoms with E-state index in [4.69, 9.17) is 18.7 Å². The molecule has 0 aliphatic rings. The average molecular weight is 339 g/mol. The lowest BCUT2D eigenvalue weighted by Crippen LogP contribution is -2.07. The second-order valence-corrected chi connectivity index (χ2v) is 5.19. The molecule has 0 N–H and O–H groups in total. The van der Waals surface area contributed by atoms with Crippen LogP contribution in [-0.2, 0) is 11.3 Å². The Morgan fingerprint density at radius 3 is 2.56 bits per heavy atom. The van der Waals surface area contributed by atoms with Gasteiger partial charge in [-0.2, -0.15) is 0 Å². The molecule has 0 aliphatic carbocycles. The maximum Gasteiger partial charge on any atom is 0.342 e. The van der Waals surface area contributed by atoms with Crippen molar-refractivity contribution in [2.24, 2.45) is 0 Å². The van der Waals surface area contributed by atoms with E-state index in [1.807, 2.05) is 30.3 Å². The van der Waals surface area contributed by atoms with Crippen molar-refractivity contribution in [2.75, 3.05) is 14.2 Å². The molecule has 128 valence electrons. The molecule has 3 rings (SSSR count). The minimum atomic E-state index is -0.510. The summed E-state index contributed by atoms with van der Waals surface area (Å²) in [6.45, 7) is 0.00432. The second-order valence-electron chi connectivity index (χ2n) is 5.19. The topological polar surface area (TPSA) is 70.8 Å². The second kappa shape index (κ2) is 7.53. The third-order valence-corrected chi connectivity index (χ3v) is 3.60. The lowest BCUT2D eigenvalue weighted by molar-refractivity contribution is 0.0460. The van der Waals surface area contributed by atoms with Crippen LogP contribution in [0.5, 0.6) is 11.5 Å². The van der Waals surface area contributed by atoms with Crippen LogP contribution in [-0.4, -0.2) is 25.3 Å². The van der Waals surface area contributed by atoms with E-state index in [1.165, 1.54) is 7.11 Å². The van der Waals surface area contributed by atoms with E-state index in [0.717, 1.165) is 5.56 Å². The third kappa shape index (κ3) is 3.80. The van der Waals surface area contributed by atoms with Crippen LogP contribution < -0.4 is 9.47 Å². The van der Waals surface area contributed by atoms with Crippen molar-refractivity contribution in [1.29, 1.82) is 0 Å². The zero-order chi connectivity index (χ0) is 17.6. The highest BCUT2D eigenvalue weighted by atomic mass is 16.5. The fraction of sp³-hybridized carbons (Fsp3) is 0.158. The van der Waals surface area contributed by atoms with Crippen molar-refractivity contribution >= 4 is 5.97 Å². The van der Waals surface area contributed by atoms with Crippen molar-refractivity contribution in [3.63, 3.8) is 0 Å². The Morgan fingerprint density at radius 2 is 1.84 bits per heavy atom. The van der Waals surface area contributed by atoms with Crippen LogP contribution in [0.3, 0.4) is 0 Å². The van der Waals surface area contributed by atoms with Gasteiger partial charge >= 0.3 is 5.97 Å². The lowest BCUT2D eigenvalue weighted by atomic mass is 10.2. The third-order valence-electron chi connectivity index (χ3n) is 3.60. The molecular weight excluding hydrogens is 322 g/mol. The molecule has 0 aliphatic heterocycles. The fourth-order valence-electron chi connectivity index (χ4n) is 2.30. The molecule has 0 radical (unpaired) electrons. The van der Waals surface area contributed by atoms with Crippen LogP contribution in [0.2, 0.25) is 0 Å². The Balaban J connectivity index is 1.68. The molecule has 0 saturated carbocycles. The highest BCUT2D eigenvalue weighted by molar-refractivity contribution is 5.92. The highest BCUT2D eigenvalue weighted by Gasteiger charge is 2.16. The number of esters is 1. The first-order chi connectivity index (χ1) is 12.2. The van der Waals surface area contributed by atoms with E-state index in [-0.39, 0.29) is 6.61 Å². The molecule has 0 saturated heterocycles. The summed E-state index contributed by atoms with van der Waals surface area (Å²) in [7, 11) is 3.02. The van der Waals surface area contributed by atoms with Crippen LogP contribution in [0.1, 0.15) is 16.1 Å². The Hall–Kier alpha value is -3.28. The zero-order valence-electron chi connectivity index (χ0n) is 13.9. The van der Waals surface area contributed by atoms with Crippen molar-refractivity contribution in [3.8, 4) is 22.8 Å². The lowest BCUT2D eigenvalue weighted by Gasteiger charge is -2.09. The summed E-state index contributed by atoms with van der Waals surface area (Å²) in [5, 5.41) is 3.92. The van der Waals surface area contributed by atoms with E-state index in [9.17, 15) is 4.79 Å². The van der Waals surface area contributed by atoms with Crippen LogP contribution in [0.15, 0.2) is 59.1 Å². The number of rotatable bonds is 6. The van der Waals surface area contributed by atoms with Crippen molar-refractivity contribution in [3.05, 3.63) is 65.9 Å². The van der Waals surface area contributed by atoms with Gasteiger partial charge in [0.2, 0.25) is 0 Å². The summed E-state index contributed by atoms with van der Waals surface area (Å²) >= 11 is 0. The van der Waals surface area contributed by atoms with E-state index in [1.54, 1.807) is 31.4 Å². The van der Waals surface area contributed by atoms with Gasteiger partial charge in [0.1, 0.15) is 29.4 Å². The van der Waals surface area contributed by atoms with Gasteiger partial charge in [0.05, 0.1) is 14.2 Å². The van der Waals surface area contributed by atoms with Gasteiger partial charge in [0, 0.05) is 17.7 Å². The molecule has 0 amide bonds. The van der Waals surface area contributed by atoms with Crippen LogP contribution in [0, 0.1) is 0 Å². The van der Waals surface area contributed by atoms with Crippen molar-refractivity contribution in [1.82, 2.24) is 5.16 Å². The molecular formula is C19H17NO5. The van der Waals surface area contributed by atoms with Gasteiger partial charge < -0.3 is 18.7 Å². The fourth-order valence-corrected chi connectivity index (χ4v) is 2.30. The maximum atomic E-state index is 12.3. The standard InChI is InChI=1S/C19H17NO5/c1-22-15-8-9-16(18(11-15)23-2)19(21)24-12-14-10-17(25-20-14)13-6-4-3-5-7-13/h3-11H,12H2,1-2H3. The van der Waals surface area contributed by atoms with E-state index in [2.05, 4.69) is 5.16 Å². The molecule has 2 aromatic carbocycles. The molecule has 6 heteroatoms. The predicted octanol–water partition coefficient (Wildman–Crippen LogP) is 3.72. The minimum absolute atomic E-state index is 0.00432. The van der Waals surface area contributed by atoms with Gasteiger partial charge in [-0.15, -0.1) is 0 Å². The summed E-state index contributed by atoms with van der Waals surface area (Å²) in [5.74, 6) is 1.09. The van der Waals surface area contributed by atoms with Gasteiger partial charge in [0.25, 0.3) is 0 Å². The summed E-state index contributed by atoms with van der Waals surface area (Å²) < 4.78 is 20.9. The quantitative estimate of drug-likeness (QED) is 0.638. The number of hydrogen-bond donors (Lipinski definition) is 0. The van der Waals surface area contributed by atoms with Gasteiger partial charge in [-0.05, 0) is 12.1 Å². The SMILES string of the molecule is COc1ccc(C(=O)OCc2cc(-c3ccccc3)on2)c(OC)c1. The van der Waals surface area contributed by atoms with Gasteiger partial charge in [-0.3, -0.25) is 0 Å². The molecule has 6 nitrogen and oxygen atoms in total. The highest BCUT2D eigenvalue weighted by Crippen LogP contribution is 2.26. The Labute approximate surface area is 144 Å². The molecule has 0 unspecified atom stereocenters. The molecule has 1 heterocycles. The number of benzene rings is 2. The summed E-state index contributed by atoms with van der Waals surface area (Å²) in [5.41, 5.74) is 1.75. The van der Waals surface area contributed by atoms with Crippen molar-refractivity contribution < 1.29 is 23.5 Å². The molecule has 0 atom stereocenters. The number of ether oxygens (including phenoxy) is 3. The Morgan fingerprint density at radius 1 is 1.04 bits per heavy atom. The molecule has 3 aromatic rings. The summed E-state index contributed by atoms with van der Waals surface area (Å²) in [6.07, 6.45) is 0. The summed E-state index contributed by atoms with van der Waals surface area (Å²) in [6, 6.07) is 16.2. The largest absolute Gasteiger partial charge is 0.497 e. The Kier molecular flexibility index (Phi) is 4.99. The molecule has 25 heavy (non-hydrogen) atoms. The Bertz CT molecular complexity index is 857. The molecule has 0 bridgehead atoms. The van der Waals surface area contributed by atoms with Gasteiger partial charge in [0.15, 0.2) is 5.76 Å². The monoisotopic (exact) mass is 339 g/mol. The molecule has 1 aromatic heterocycles. The zero-order valence-corrected chi connectivity index (χ0v) is 13.9. The predicted molar refractivity (Wildman–Crippen MR) is 90.6 cm³/mol.